The molecule has 0 bridgehead atoms. The summed E-state index contributed by atoms with van der Waals surface area (Å²) in [4.78, 5) is 0. The van der Waals surface area contributed by atoms with Crippen LogP contribution in [-0.2, 0) is 6.42 Å². The number of ether oxygens (including phenoxy) is 1. The molecule has 2 aromatic rings. The van der Waals surface area contributed by atoms with E-state index < -0.39 is 17.7 Å². The largest absolute Gasteiger partial charge is 0.491 e. The van der Waals surface area contributed by atoms with Crippen molar-refractivity contribution in [2.45, 2.75) is 12.5 Å². The van der Waals surface area contributed by atoms with Crippen molar-refractivity contribution in [1.82, 2.24) is 0 Å². The number of aliphatic hydroxyl groups is 1. The molecule has 0 aliphatic carbocycles. The molecule has 1 N–H and O–H groups in total. The van der Waals surface area contributed by atoms with Crippen LogP contribution in [0.15, 0.2) is 40.9 Å². The van der Waals surface area contributed by atoms with Gasteiger partial charge in [-0.05, 0) is 52.3 Å². The smallest absolute Gasteiger partial charge is 0.143 e. The van der Waals surface area contributed by atoms with Crippen LogP contribution in [0, 0.1) is 11.6 Å². The van der Waals surface area contributed by atoms with E-state index in [0.717, 1.165) is 6.07 Å². The fraction of sp³-hybridized carbons (Fsp3) is 0.200. The zero-order chi connectivity index (χ0) is 15.4. The molecule has 0 aliphatic rings. The van der Waals surface area contributed by atoms with E-state index in [1.54, 1.807) is 24.3 Å². The van der Waals surface area contributed by atoms with Crippen LogP contribution >= 0.6 is 27.5 Å². The summed E-state index contributed by atoms with van der Waals surface area (Å²) in [6.45, 7) is -0.0764. The van der Waals surface area contributed by atoms with Crippen LogP contribution in [-0.4, -0.2) is 17.8 Å². The number of rotatable bonds is 5. The van der Waals surface area contributed by atoms with Gasteiger partial charge in [0.2, 0.25) is 0 Å². The van der Waals surface area contributed by atoms with E-state index in [0.29, 0.717) is 10.8 Å². The number of hydrogen-bond donors (Lipinski definition) is 1. The highest BCUT2D eigenvalue weighted by Crippen LogP contribution is 2.23. The summed E-state index contributed by atoms with van der Waals surface area (Å²) in [6, 6.07) is 9.03. The van der Waals surface area contributed by atoms with Crippen molar-refractivity contribution in [1.29, 1.82) is 0 Å². The maximum absolute atomic E-state index is 13.8. The van der Waals surface area contributed by atoms with Gasteiger partial charge in [-0.1, -0.05) is 11.6 Å². The fourth-order valence-electron chi connectivity index (χ4n) is 1.77. The molecule has 21 heavy (non-hydrogen) atoms. The van der Waals surface area contributed by atoms with Crippen molar-refractivity contribution in [3.05, 3.63) is 63.1 Å². The molecule has 0 aliphatic heterocycles. The van der Waals surface area contributed by atoms with Crippen LogP contribution in [0.2, 0.25) is 5.02 Å². The lowest BCUT2D eigenvalue weighted by Gasteiger charge is -2.14. The molecule has 2 aromatic carbocycles. The van der Waals surface area contributed by atoms with Gasteiger partial charge >= 0.3 is 0 Å². The van der Waals surface area contributed by atoms with Gasteiger partial charge < -0.3 is 9.84 Å². The maximum atomic E-state index is 13.8. The van der Waals surface area contributed by atoms with Gasteiger partial charge in [0.15, 0.2) is 0 Å². The molecule has 0 radical (unpaired) electrons. The van der Waals surface area contributed by atoms with Gasteiger partial charge in [-0.2, -0.15) is 0 Å². The Balaban J connectivity index is 1.97. The van der Waals surface area contributed by atoms with Crippen LogP contribution in [0.4, 0.5) is 8.78 Å². The zero-order valence-electron chi connectivity index (χ0n) is 10.8. The second-order valence-corrected chi connectivity index (χ2v) is 5.74. The molecule has 112 valence electrons. The van der Waals surface area contributed by atoms with Gasteiger partial charge in [-0.15, -0.1) is 0 Å². The third-order valence-electron chi connectivity index (χ3n) is 2.83. The third-order valence-corrected chi connectivity index (χ3v) is 3.70. The van der Waals surface area contributed by atoms with Gasteiger partial charge in [0, 0.05) is 17.0 Å². The summed E-state index contributed by atoms with van der Waals surface area (Å²) in [6.07, 6.45) is -1.20. The summed E-state index contributed by atoms with van der Waals surface area (Å²) in [5.74, 6) is -0.879. The molecule has 0 aromatic heterocycles. The van der Waals surface area contributed by atoms with Crippen molar-refractivity contribution in [2.24, 2.45) is 0 Å². The van der Waals surface area contributed by atoms with Gasteiger partial charge in [0.25, 0.3) is 0 Å². The summed E-state index contributed by atoms with van der Waals surface area (Å²) in [5.41, 5.74) is -0.170. The minimum Gasteiger partial charge on any atom is -0.491 e. The maximum Gasteiger partial charge on any atom is 0.143 e. The lowest BCUT2D eigenvalue weighted by Crippen LogP contribution is -2.21. The molecule has 6 heteroatoms. The quantitative estimate of drug-likeness (QED) is 0.784. The van der Waals surface area contributed by atoms with E-state index in [2.05, 4.69) is 15.9 Å². The Morgan fingerprint density at radius 2 is 1.81 bits per heavy atom. The Kier molecular flexibility index (Phi) is 5.56. The van der Waals surface area contributed by atoms with Crippen LogP contribution in [0.1, 0.15) is 5.56 Å². The third kappa shape index (κ3) is 4.40. The predicted octanol–water partition coefficient (Wildman–Crippen LogP) is 4.36. The number of hydrogen-bond acceptors (Lipinski definition) is 2. The molecule has 2 rings (SSSR count). The Morgan fingerprint density at radius 3 is 2.48 bits per heavy atom. The van der Waals surface area contributed by atoms with Crippen molar-refractivity contribution in [2.75, 3.05) is 6.61 Å². The second kappa shape index (κ2) is 7.20. The van der Waals surface area contributed by atoms with E-state index in [4.69, 9.17) is 16.3 Å². The van der Waals surface area contributed by atoms with E-state index in [-0.39, 0.29) is 23.1 Å². The standard InChI is InChI=1S/C15H12BrClF2O2/c16-13-5-6-14(18)12(15(13)19)7-10(20)8-21-11-3-1-9(17)2-4-11/h1-6,10,20H,7-8H2. The Morgan fingerprint density at radius 1 is 1.14 bits per heavy atom. The van der Waals surface area contributed by atoms with Gasteiger partial charge in [0.05, 0.1) is 10.6 Å². The molecule has 0 spiro atoms. The predicted molar refractivity (Wildman–Crippen MR) is 80.7 cm³/mol. The lowest BCUT2D eigenvalue weighted by molar-refractivity contribution is 0.106. The van der Waals surface area contributed by atoms with Crippen LogP contribution in [0.5, 0.6) is 5.75 Å². The summed E-state index contributed by atoms with van der Waals surface area (Å²) in [5, 5.41) is 10.4. The summed E-state index contributed by atoms with van der Waals surface area (Å²) >= 11 is 8.72. The van der Waals surface area contributed by atoms with Crippen molar-refractivity contribution >= 4 is 27.5 Å². The summed E-state index contributed by atoms with van der Waals surface area (Å²) in [7, 11) is 0. The average Bonchev–Trinajstić information content (AvgIpc) is 2.47. The van der Waals surface area contributed by atoms with E-state index in [1.165, 1.54) is 6.07 Å². The molecule has 1 atom stereocenters. The van der Waals surface area contributed by atoms with Gasteiger partial charge in [-0.3, -0.25) is 0 Å². The molecule has 0 amide bonds. The molecule has 0 fully saturated rings. The van der Waals surface area contributed by atoms with Crippen LogP contribution < -0.4 is 4.74 Å². The van der Waals surface area contributed by atoms with Crippen molar-refractivity contribution < 1.29 is 18.6 Å². The topological polar surface area (TPSA) is 29.5 Å². The van der Waals surface area contributed by atoms with E-state index in [9.17, 15) is 13.9 Å². The molecule has 0 heterocycles. The van der Waals surface area contributed by atoms with Gasteiger partial charge in [0.1, 0.15) is 24.0 Å². The van der Waals surface area contributed by atoms with Crippen molar-refractivity contribution in [3.63, 3.8) is 0 Å². The SMILES string of the molecule is OC(COc1ccc(Cl)cc1)Cc1c(F)ccc(Br)c1F. The number of aliphatic hydroxyl groups excluding tert-OH is 1. The second-order valence-electron chi connectivity index (χ2n) is 4.44. The van der Waals surface area contributed by atoms with Gasteiger partial charge in [-0.25, -0.2) is 8.78 Å². The minimum absolute atomic E-state index is 0.0764. The first-order chi connectivity index (χ1) is 9.97. The molecule has 0 saturated carbocycles. The van der Waals surface area contributed by atoms with Crippen LogP contribution in [0.25, 0.3) is 0 Å². The highest BCUT2D eigenvalue weighted by molar-refractivity contribution is 9.10. The van der Waals surface area contributed by atoms with Crippen LogP contribution in [0.3, 0.4) is 0 Å². The van der Waals surface area contributed by atoms with E-state index in [1.807, 2.05) is 0 Å². The highest BCUT2D eigenvalue weighted by atomic mass is 79.9. The lowest BCUT2D eigenvalue weighted by atomic mass is 10.1. The summed E-state index contributed by atoms with van der Waals surface area (Å²) < 4.78 is 32.8. The monoisotopic (exact) mass is 376 g/mol. The molecule has 0 saturated heterocycles. The first kappa shape index (κ1) is 16.2. The van der Waals surface area contributed by atoms with E-state index >= 15 is 0 Å². The Hall–Kier alpha value is -1.17. The van der Waals surface area contributed by atoms with Crippen molar-refractivity contribution in [3.8, 4) is 5.75 Å². The normalized spacial score (nSPS) is 12.2. The zero-order valence-corrected chi connectivity index (χ0v) is 13.2. The highest BCUT2D eigenvalue weighted by Gasteiger charge is 2.16. The first-order valence-corrected chi connectivity index (χ1v) is 7.33. The fourth-order valence-corrected chi connectivity index (χ4v) is 2.27. The molecule has 1 unspecified atom stereocenters. The minimum atomic E-state index is -1.03. The average molecular weight is 378 g/mol. The molecular weight excluding hydrogens is 366 g/mol. The first-order valence-electron chi connectivity index (χ1n) is 6.16. The number of benzene rings is 2. The Bertz CT molecular complexity index is 620. The molecule has 2 nitrogen and oxygen atoms in total. The Labute approximate surface area is 134 Å². The number of halogens is 4. The molecular formula is C15H12BrClF2O2.